The lowest BCUT2D eigenvalue weighted by atomic mass is 10.2. The fraction of sp³-hybridized carbons (Fsp3) is 0.100. The Morgan fingerprint density at radius 2 is 2.03 bits per heavy atom. The molecule has 30 heavy (non-hydrogen) atoms. The predicted molar refractivity (Wildman–Crippen MR) is 110 cm³/mol. The predicted octanol–water partition coefficient (Wildman–Crippen LogP) is 4.05. The average Bonchev–Trinajstić information content (AvgIpc) is 3.21. The maximum absolute atomic E-state index is 11.8. The van der Waals surface area contributed by atoms with Gasteiger partial charge in [-0.3, -0.25) is 14.9 Å². The zero-order valence-corrected chi connectivity index (χ0v) is 16.5. The molecule has 0 saturated carbocycles. The second kappa shape index (κ2) is 9.57. The van der Waals surface area contributed by atoms with Crippen molar-refractivity contribution < 1.29 is 23.6 Å². The molecule has 9 nitrogen and oxygen atoms in total. The van der Waals surface area contributed by atoms with Gasteiger partial charge >= 0.3 is 5.69 Å². The van der Waals surface area contributed by atoms with Crippen LogP contribution in [0, 0.1) is 10.1 Å². The molecular weight excluding hydrogens is 414 g/mol. The molecule has 1 heterocycles. The van der Waals surface area contributed by atoms with Crippen molar-refractivity contribution in [2.45, 2.75) is 0 Å². The minimum atomic E-state index is -0.587. The van der Waals surface area contributed by atoms with E-state index in [9.17, 15) is 14.9 Å². The highest BCUT2D eigenvalue weighted by atomic mass is 35.5. The van der Waals surface area contributed by atoms with Crippen LogP contribution in [0.3, 0.4) is 0 Å². The van der Waals surface area contributed by atoms with Crippen molar-refractivity contribution in [1.82, 2.24) is 5.43 Å². The van der Waals surface area contributed by atoms with Gasteiger partial charge in [0.2, 0.25) is 0 Å². The third kappa shape index (κ3) is 5.15. The molecule has 0 aliphatic rings. The van der Waals surface area contributed by atoms with Crippen molar-refractivity contribution in [2.75, 3.05) is 13.7 Å². The molecule has 0 aliphatic heterocycles. The molecule has 0 bridgehead atoms. The minimum absolute atomic E-state index is 0.00421. The highest BCUT2D eigenvalue weighted by Gasteiger charge is 2.14. The Bertz CT molecular complexity index is 1100. The summed E-state index contributed by atoms with van der Waals surface area (Å²) in [5.74, 6) is 0.928. The topological polar surface area (TPSA) is 116 Å². The largest absolute Gasteiger partial charge is 0.495 e. The first-order chi connectivity index (χ1) is 14.5. The van der Waals surface area contributed by atoms with Crippen molar-refractivity contribution >= 4 is 29.4 Å². The van der Waals surface area contributed by atoms with Crippen LogP contribution in [-0.2, 0) is 4.79 Å². The molecule has 0 radical (unpaired) electrons. The Morgan fingerprint density at radius 3 is 2.77 bits per heavy atom. The van der Waals surface area contributed by atoms with Gasteiger partial charge in [-0.1, -0.05) is 23.7 Å². The quantitative estimate of drug-likeness (QED) is 0.328. The van der Waals surface area contributed by atoms with E-state index in [1.165, 1.54) is 31.5 Å². The Labute approximate surface area is 176 Å². The lowest BCUT2D eigenvalue weighted by Crippen LogP contribution is -2.24. The summed E-state index contributed by atoms with van der Waals surface area (Å²) in [7, 11) is 1.53. The number of nitrogens with zero attached hydrogens (tertiary/aromatic N) is 2. The van der Waals surface area contributed by atoms with E-state index < -0.39 is 17.4 Å². The first kappa shape index (κ1) is 20.9. The summed E-state index contributed by atoms with van der Waals surface area (Å²) in [5, 5.41) is 15.2. The maximum Gasteiger partial charge on any atom is 0.310 e. The number of hydrazone groups is 1. The van der Waals surface area contributed by atoms with Gasteiger partial charge in [-0.25, -0.2) is 5.43 Å². The molecule has 154 valence electrons. The highest BCUT2D eigenvalue weighted by Crippen LogP contribution is 2.31. The van der Waals surface area contributed by atoms with Crippen LogP contribution in [0.25, 0.3) is 11.3 Å². The van der Waals surface area contributed by atoms with Gasteiger partial charge in [0.1, 0.15) is 17.3 Å². The molecule has 0 atom stereocenters. The molecule has 10 heteroatoms. The van der Waals surface area contributed by atoms with Gasteiger partial charge in [-0.05, 0) is 36.4 Å². The molecule has 3 rings (SSSR count). The number of ether oxygens (including phenoxy) is 2. The van der Waals surface area contributed by atoms with E-state index in [1.807, 2.05) is 0 Å². The number of amides is 1. The summed E-state index contributed by atoms with van der Waals surface area (Å²) < 4.78 is 15.9. The van der Waals surface area contributed by atoms with E-state index in [1.54, 1.807) is 36.4 Å². The van der Waals surface area contributed by atoms with Crippen LogP contribution in [0.15, 0.2) is 64.1 Å². The zero-order chi connectivity index (χ0) is 21.5. The highest BCUT2D eigenvalue weighted by molar-refractivity contribution is 6.32. The van der Waals surface area contributed by atoms with E-state index in [2.05, 4.69) is 10.5 Å². The number of methoxy groups -OCH3 is 1. The van der Waals surface area contributed by atoms with Gasteiger partial charge in [0.15, 0.2) is 12.4 Å². The number of carbonyl (C=O) groups excluding carboxylic acids is 1. The van der Waals surface area contributed by atoms with Crippen LogP contribution in [0.2, 0.25) is 5.02 Å². The molecule has 0 saturated heterocycles. The molecule has 0 spiro atoms. The van der Waals surface area contributed by atoms with Crippen molar-refractivity contribution in [3.05, 3.63) is 75.5 Å². The fourth-order valence-corrected chi connectivity index (χ4v) is 2.73. The molecule has 1 aromatic heterocycles. The number of rotatable bonds is 8. The number of nitro benzene ring substituents is 1. The number of nitrogens with one attached hydrogen (secondary N) is 1. The SMILES string of the molecule is COc1ccc(-c2ccc(/C=N\NC(=O)COc3ccccc3[N+](=O)[O-])o2)cc1Cl. The number of nitro groups is 1. The van der Waals surface area contributed by atoms with E-state index in [-0.39, 0.29) is 11.4 Å². The summed E-state index contributed by atoms with van der Waals surface area (Å²) in [6.45, 7) is -0.435. The molecule has 2 aromatic carbocycles. The molecular formula is C20H16ClN3O6. The van der Waals surface area contributed by atoms with Crippen LogP contribution in [0.5, 0.6) is 11.5 Å². The molecule has 3 aromatic rings. The van der Waals surface area contributed by atoms with E-state index in [0.29, 0.717) is 22.3 Å². The van der Waals surface area contributed by atoms with E-state index >= 15 is 0 Å². The van der Waals surface area contributed by atoms with Crippen molar-refractivity contribution in [3.8, 4) is 22.8 Å². The Morgan fingerprint density at radius 1 is 1.23 bits per heavy atom. The Kier molecular flexibility index (Phi) is 6.66. The summed E-state index contributed by atoms with van der Waals surface area (Å²) in [5.41, 5.74) is 2.79. The van der Waals surface area contributed by atoms with Gasteiger partial charge in [0.25, 0.3) is 5.91 Å². The normalized spacial score (nSPS) is 10.7. The lowest BCUT2D eigenvalue weighted by Gasteiger charge is -2.05. The van der Waals surface area contributed by atoms with Crippen molar-refractivity contribution in [2.24, 2.45) is 5.10 Å². The van der Waals surface area contributed by atoms with E-state index in [4.69, 9.17) is 25.5 Å². The summed E-state index contributed by atoms with van der Waals surface area (Å²) in [6.07, 6.45) is 1.32. The third-order valence-corrected chi connectivity index (χ3v) is 4.16. The number of para-hydroxylation sites is 2. The average molecular weight is 430 g/mol. The number of benzene rings is 2. The van der Waals surface area contributed by atoms with Crippen molar-refractivity contribution in [1.29, 1.82) is 0 Å². The zero-order valence-electron chi connectivity index (χ0n) is 15.7. The smallest absolute Gasteiger partial charge is 0.310 e. The number of hydrogen-bond donors (Lipinski definition) is 1. The second-order valence-corrected chi connectivity index (χ2v) is 6.27. The number of carbonyl (C=O) groups is 1. The van der Waals surface area contributed by atoms with Gasteiger partial charge in [0, 0.05) is 11.6 Å². The molecule has 1 amide bonds. The summed E-state index contributed by atoms with van der Waals surface area (Å²) in [4.78, 5) is 22.2. The van der Waals surface area contributed by atoms with Gasteiger partial charge in [0.05, 0.1) is 23.3 Å². The lowest BCUT2D eigenvalue weighted by molar-refractivity contribution is -0.385. The van der Waals surface area contributed by atoms with Crippen LogP contribution in [-0.4, -0.2) is 30.8 Å². The molecule has 0 aliphatic carbocycles. The first-order valence-electron chi connectivity index (χ1n) is 8.60. The van der Waals surface area contributed by atoms with Gasteiger partial charge < -0.3 is 13.9 Å². The molecule has 0 fully saturated rings. The van der Waals surface area contributed by atoms with Gasteiger partial charge in [-0.15, -0.1) is 0 Å². The fourth-order valence-electron chi connectivity index (χ4n) is 2.47. The van der Waals surface area contributed by atoms with Crippen LogP contribution in [0.1, 0.15) is 5.76 Å². The van der Waals surface area contributed by atoms with Crippen LogP contribution in [0.4, 0.5) is 5.69 Å². The van der Waals surface area contributed by atoms with Gasteiger partial charge in [-0.2, -0.15) is 5.10 Å². The second-order valence-electron chi connectivity index (χ2n) is 5.86. The standard InChI is InChI=1S/C20H16ClN3O6/c1-28-18-8-6-13(10-15(18)21)17-9-7-14(30-17)11-22-23-20(25)12-29-19-5-3-2-4-16(19)24(26)27/h2-11H,12H2,1H3,(H,23,25)/b22-11-. The summed E-state index contributed by atoms with van der Waals surface area (Å²) >= 11 is 6.12. The van der Waals surface area contributed by atoms with Crippen LogP contribution >= 0.6 is 11.6 Å². The Hall–Kier alpha value is -3.85. The number of furan rings is 1. The molecule has 0 unspecified atom stereocenters. The number of halogens is 1. The third-order valence-electron chi connectivity index (χ3n) is 3.86. The van der Waals surface area contributed by atoms with Crippen molar-refractivity contribution in [3.63, 3.8) is 0 Å². The summed E-state index contributed by atoms with van der Waals surface area (Å²) in [6, 6.07) is 14.4. The first-order valence-corrected chi connectivity index (χ1v) is 8.97. The molecule has 1 N–H and O–H groups in total. The van der Waals surface area contributed by atoms with E-state index in [0.717, 1.165) is 5.56 Å². The Balaban J connectivity index is 1.55. The number of hydrogen-bond acceptors (Lipinski definition) is 7. The maximum atomic E-state index is 11.8. The monoisotopic (exact) mass is 429 g/mol. The van der Waals surface area contributed by atoms with Crippen LogP contribution < -0.4 is 14.9 Å². The minimum Gasteiger partial charge on any atom is -0.495 e.